The highest BCUT2D eigenvalue weighted by atomic mass is 35.5. The average molecular weight is 785 g/mol. The zero-order valence-electron chi connectivity index (χ0n) is 31.3. The minimum absolute atomic E-state index is 0.0445. The summed E-state index contributed by atoms with van der Waals surface area (Å²) in [7, 11) is 0. The Balaban J connectivity index is 0.738. The minimum atomic E-state index is -0.974. The second-order valence-corrected chi connectivity index (χ2v) is 16.3. The van der Waals surface area contributed by atoms with Crippen molar-refractivity contribution in [3.05, 3.63) is 93.0 Å². The van der Waals surface area contributed by atoms with Crippen LogP contribution < -0.4 is 15.0 Å². The van der Waals surface area contributed by atoms with Crippen LogP contribution in [-0.4, -0.2) is 94.6 Å². The van der Waals surface area contributed by atoms with Crippen molar-refractivity contribution in [2.24, 2.45) is 5.92 Å². The van der Waals surface area contributed by atoms with E-state index in [4.69, 9.17) is 21.6 Å². The number of ether oxygens (including phenoxy) is 1. The van der Waals surface area contributed by atoms with Gasteiger partial charge in [0.1, 0.15) is 17.9 Å². The molecule has 3 aromatic rings. The number of halogens is 1. The van der Waals surface area contributed by atoms with Crippen LogP contribution in [0.25, 0.3) is 0 Å². The van der Waals surface area contributed by atoms with Gasteiger partial charge in [0.25, 0.3) is 17.7 Å². The van der Waals surface area contributed by atoms with Crippen molar-refractivity contribution in [2.75, 3.05) is 31.1 Å². The molecule has 290 valence electrons. The number of piperidine rings is 2. The number of benzene rings is 3. The SMILES string of the molecule is N#Cc1ccc(O[C@H]2CC[C@H](N3Cc4cc(C#CC5CCN(C6CN(c7ccc8c(c7)C(=O)N(C7CCC(=O)NC7=O)C8=O)C6)CC5)ccc4C3=O)CC2)cc1Cl. The molecular formula is C44H41ClN6O6. The van der Waals surface area contributed by atoms with Crippen molar-refractivity contribution in [2.45, 2.75) is 82.1 Å². The lowest BCUT2D eigenvalue weighted by Crippen LogP contribution is -2.61. The molecule has 4 fully saturated rings. The van der Waals surface area contributed by atoms with Crippen molar-refractivity contribution in [1.82, 2.24) is 20.0 Å². The van der Waals surface area contributed by atoms with Gasteiger partial charge in [-0.2, -0.15) is 5.26 Å². The molecule has 0 bridgehead atoms. The Bertz CT molecular complexity index is 2310. The van der Waals surface area contributed by atoms with Gasteiger partial charge < -0.3 is 14.5 Å². The van der Waals surface area contributed by atoms with Crippen LogP contribution in [0.15, 0.2) is 54.6 Å². The number of carbonyl (C=O) groups excluding carboxylic acids is 5. The molecule has 1 N–H and O–H groups in total. The monoisotopic (exact) mass is 784 g/mol. The summed E-state index contributed by atoms with van der Waals surface area (Å²) in [5.41, 5.74) is 4.63. The average Bonchev–Trinajstić information content (AvgIpc) is 3.65. The predicted molar refractivity (Wildman–Crippen MR) is 209 cm³/mol. The Labute approximate surface area is 335 Å². The number of nitrogens with one attached hydrogen (secondary N) is 1. The van der Waals surface area contributed by atoms with Crippen molar-refractivity contribution in [1.29, 1.82) is 5.26 Å². The Kier molecular flexibility index (Phi) is 9.71. The lowest BCUT2D eigenvalue weighted by molar-refractivity contribution is -0.136. The summed E-state index contributed by atoms with van der Waals surface area (Å²) in [5, 5.41) is 11.8. The maximum Gasteiger partial charge on any atom is 0.262 e. The van der Waals surface area contributed by atoms with Gasteiger partial charge in [-0.25, -0.2) is 0 Å². The molecule has 57 heavy (non-hydrogen) atoms. The number of hydrogen-bond donors (Lipinski definition) is 1. The standard InChI is InChI=1S/C44H41ClN6O6/c45-38-21-34(8-4-28(38)22-46)57-33-9-5-30(6-10-33)50-23-29-19-27(3-11-35(29)42(50)54)2-1-26-15-17-48(18-16-26)32-24-49(25-32)31-7-12-36-37(20-31)44(56)51(43(36)55)39-13-14-40(52)47-41(39)53/h3-4,7-8,11-12,19-21,26,30,32-33,39H,5-6,9-10,13-18,23-25H2,(H,47,52,53)/t30-,33-,39?. The van der Waals surface area contributed by atoms with Gasteiger partial charge in [-0.1, -0.05) is 23.4 Å². The number of nitriles is 1. The highest BCUT2D eigenvalue weighted by Crippen LogP contribution is 2.35. The van der Waals surface area contributed by atoms with Gasteiger partial charge in [0.2, 0.25) is 11.8 Å². The maximum atomic E-state index is 13.4. The first kappa shape index (κ1) is 36.9. The summed E-state index contributed by atoms with van der Waals surface area (Å²) in [6.07, 6.45) is 5.64. The number of carbonyl (C=O) groups is 5. The molecule has 5 aliphatic heterocycles. The summed E-state index contributed by atoms with van der Waals surface area (Å²) in [5.74, 6) is 5.98. The number of nitrogens with zero attached hydrogens (tertiary/aromatic N) is 5. The number of fused-ring (bicyclic) bond motifs is 2. The van der Waals surface area contributed by atoms with Crippen molar-refractivity contribution >= 4 is 46.8 Å². The van der Waals surface area contributed by atoms with Gasteiger partial charge in [-0.15, -0.1) is 0 Å². The molecule has 12 nitrogen and oxygen atoms in total. The smallest absolute Gasteiger partial charge is 0.262 e. The van der Waals surface area contributed by atoms with Crippen LogP contribution in [0.3, 0.4) is 0 Å². The summed E-state index contributed by atoms with van der Waals surface area (Å²) in [6.45, 7) is 4.16. The first-order valence-corrected chi connectivity index (χ1v) is 20.2. The summed E-state index contributed by atoms with van der Waals surface area (Å²) < 4.78 is 6.16. The highest BCUT2D eigenvalue weighted by molar-refractivity contribution is 6.31. The predicted octanol–water partition coefficient (Wildman–Crippen LogP) is 4.91. The number of rotatable bonds is 6. The third-order valence-corrected chi connectivity index (χ3v) is 12.8. The van der Waals surface area contributed by atoms with Crippen molar-refractivity contribution < 1.29 is 28.7 Å². The van der Waals surface area contributed by atoms with Crippen molar-refractivity contribution in [3.8, 4) is 23.7 Å². The normalized spacial score (nSPS) is 24.0. The fourth-order valence-corrected chi connectivity index (χ4v) is 9.40. The number of anilines is 1. The van der Waals surface area contributed by atoms with E-state index in [-0.39, 0.29) is 36.5 Å². The molecule has 0 spiro atoms. The van der Waals surface area contributed by atoms with Crippen LogP contribution in [0, 0.1) is 29.1 Å². The van der Waals surface area contributed by atoms with Crippen LogP contribution in [0.1, 0.15) is 99.1 Å². The topological polar surface area (TPSA) is 143 Å². The molecule has 3 saturated heterocycles. The number of amides is 5. The molecule has 6 aliphatic rings. The maximum absolute atomic E-state index is 13.4. The summed E-state index contributed by atoms with van der Waals surface area (Å²) >= 11 is 6.18. The molecule has 9 rings (SSSR count). The van der Waals surface area contributed by atoms with Crippen molar-refractivity contribution in [3.63, 3.8) is 0 Å². The van der Waals surface area contributed by atoms with E-state index in [9.17, 15) is 24.0 Å². The molecule has 5 amide bonds. The zero-order chi connectivity index (χ0) is 39.4. The second kappa shape index (κ2) is 15.0. The van der Waals surface area contributed by atoms with Gasteiger partial charge >= 0.3 is 0 Å². The quantitative estimate of drug-likeness (QED) is 0.273. The molecule has 13 heteroatoms. The molecule has 0 radical (unpaired) electrons. The van der Waals surface area contributed by atoms with Gasteiger partial charge in [-0.05, 0) is 112 Å². The fourth-order valence-electron chi connectivity index (χ4n) is 9.19. The number of imide groups is 2. The van der Waals surface area contributed by atoms with E-state index in [2.05, 4.69) is 39.1 Å². The lowest BCUT2D eigenvalue weighted by atomic mass is 9.92. The van der Waals surface area contributed by atoms with E-state index in [1.54, 1.807) is 30.3 Å². The van der Waals surface area contributed by atoms with Gasteiger partial charge in [-0.3, -0.25) is 39.1 Å². The Morgan fingerprint density at radius 2 is 1.53 bits per heavy atom. The molecule has 1 unspecified atom stereocenters. The van der Waals surface area contributed by atoms with E-state index < -0.39 is 29.7 Å². The fraction of sp³-hybridized carbons (Fsp3) is 0.409. The highest BCUT2D eigenvalue weighted by Gasteiger charge is 2.45. The zero-order valence-corrected chi connectivity index (χ0v) is 32.1. The van der Waals surface area contributed by atoms with Gasteiger partial charge in [0.05, 0.1) is 27.8 Å². The van der Waals surface area contributed by atoms with E-state index in [1.165, 1.54) is 0 Å². The van der Waals surface area contributed by atoms with E-state index >= 15 is 0 Å². The number of likely N-dealkylation sites (tertiary alicyclic amines) is 1. The van der Waals surface area contributed by atoms with Crippen LogP contribution in [-0.2, 0) is 16.1 Å². The largest absolute Gasteiger partial charge is 0.490 e. The molecular weight excluding hydrogens is 744 g/mol. The van der Waals surface area contributed by atoms with E-state index in [0.717, 1.165) is 92.0 Å². The third-order valence-electron chi connectivity index (χ3n) is 12.5. The molecule has 1 atom stereocenters. The lowest BCUT2D eigenvalue weighted by Gasteiger charge is -2.48. The Morgan fingerprint density at radius 1 is 0.772 bits per heavy atom. The molecule has 0 aromatic heterocycles. The van der Waals surface area contributed by atoms with Crippen LogP contribution in [0.4, 0.5) is 5.69 Å². The third kappa shape index (κ3) is 7.02. The minimum Gasteiger partial charge on any atom is -0.490 e. The van der Waals surface area contributed by atoms with Crippen LogP contribution in [0.5, 0.6) is 5.75 Å². The summed E-state index contributed by atoms with van der Waals surface area (Å²) in [6, 6.07) is 18.1. The molecule has 1 aliphatic carbocycles. The molecule has 3 aromatic carbocycles. The number of hydrogen-bond acceptors (Lipinski definition) is 9. The van der Waals surface area contributed by atoms with Gasteiger partial charge in [0.15, 0.2) is 0 Å². The van der Waals surface area contributed by atoms with E-state index in [1.807, 2.05) is 23.1 Å². The summed E-state index contributed by atoms with van der Waals surface area (Å²) in [4.78, 5) is 71.5. The first-order chi connectivity index (χ1) is 27.6. The first-order valence-electron chi connectivity index (χ1n) is 19.8. The van der Waals surface area contributed by atoms with Crippen LogP contribution >= 0.6 is 11.6 Å². The van der Waals surface area contributed by atoms with E-state index in [0.29, 0.717) is 40.4 Å². The molecule has 5 heterocycles. The molecule has 1 saturated carbocycles. The van der Waals surface area contributed by atoms with Crippen LogP contribution in [0.2, 0.25) is 5.02 Å². The Hall–Kier alpha value is -5.69. The second-order valence-electron chi connectivity index (χ2n) is 15.9. The van der Waals surface area contributed by atoms with Gasteiger partial charge in [0, 0.05) is 66.9 Å². The Morgan fingerprint density at radius 3 is 2.26 bits per heavy atom.